The number of halogens is 1. The second kappa shape index (κ2) is 6.53. The molecule has 19 heavy (non-hydrogen) atoms. The van der Waals surface area contributed by atoms with Crippen LogP contribution in [-0.4, -0.2) is 35.1 Å². The molecule has 0 saturated carbocycles. The van der Waals surface area contributed by atoms with Gasteiger partial charge < -0.3 is 5.32 Å². The Morgan fingerprint density at radius 3 is 2.68 bits per heavy atom. The largest absolute Gasteiger partial charge is 0.311 e. The van der Waals surface area contributed by atoms with E-state index in [1.807, 2.05) is 0 Å². The molecule has 0 aliphatic carbocycles. The third kappa shape index (κ3) is 4.42. The van der Waals surface area contributed by atoms with Crippen LogP contribution in [0.25, 0.3) is 0 Å². The minimum Gasteiger partial charge on any atom is -0.311 e. The third-order valence-electron chi connectivity index (χ3n) is 3.45. The topological polar surface area (TPSA) is 28.2 Å². The van der Waals surface area contributed by atoms with Gasteiger partial charge in [0.1, 0.15) is 0 Å². The van der Waals surface area contributed by atoms with E-state index in [2.05, 4.69) is 50.2 Å². The third-order valence-corrected chi connectivity index (χ3v) is 4.77. The van der Waals surface area contributed by atoms with Gasteiger partial charge in [-0.25, -0.2) is 4.98 Å². The zero-order valence-electron chi connectivity index (χ0n) is 12.6. The summed E-state index contributed by atoms with van der Waals surface area (Å²) < 4.78 is 0. The Hall–Kier alpha value is -0.160. The first-order valence-electron chi connectivity index (χ1n) is 6.78. The van der Waals surface area contributed by atoms with Gasteiger partial charge >= 0.3 is 0 Å². The second-order valence-electron chi connectivity index (χ2n) is 6.48. The van der Waals surface area contributed by atoms with Crippen LogP contribution in [0.1, 0.15) is 45.3 Å². The highest BCUT2D eigenvalue weighted by atomic mass is 35.5. The van der Waals surface area contributed by atoms with Crippen molar-refractivity contribution in [2.24, 2.45) is 0 Å². The first-order chi connectivity index (χ1) is 8.36. The van der Waals surface area contributed by atoms with E-state index in [1.54, 1.807) is 11.3 Å². The molecule has 2 rings (SSSR count). The van der Waals surface area contributed by atoms with E-state index in [0.29, 0.717) is 12.1 Å². The van der Waals surface area contributed by atoms with Crippen molar-refractivity contribution in [1.82, 2.24) is 15.2 Å². The lowest BCUT2D eigenvalue weighted by atomic mass is 9.98. The molecule has 3 nitrogen and oxygen atoms in total. The molecule has 2 heterocycles. The fourth-order valence-corrected chi connectivity index (χ4v) is 3.15. The van der Waals surface area contributed by atoms with Gasteiger partial charge in [0, 0.05) is 42.5 Å². The summed E-state index contributed by atoms with van der Waals surface area (Å²) >= 11 is 1.79. The van der Waals surface area contributed by atoms with Gasteiger partial charge in [0.15, 0.2) is 0 Å². The predicted molar refractivity (Wildman–Crippen MR) is 85.4 cm³/mol. The number of hydrogen-bond acceptors (Lipinski definition) is 4. The summed E-state index contributed by atoms with van der Waals surface area (Å²) in [7, 11) is 0. The average Bonchev–Trinajstić information content (AvgIpc) is 2.71. The summed E-state index contributed by atoms with van der Waals surface area (Å²) in [6, 6.07) is 1.18. The summed E-state index contributed by atoms with van der Waals surface area (Å²) in [6.45, 7) is 14.4. The number of nitrogens with zero attached hydrogens (tertiary/aromatic N) is 2. The van der Waals surface area contributed by atoms with Crippen molar-refractivity contribution in [1.29, 1.82) is 0 Å². The van der Waals surface area contributed by atoms with Gasteiger partial charge in [-0.1, -0.05) is 20.8 Å². The van der Waals surface area contributed by atoms with E-state index < -0.39 is 0 Å². The van der Waals surface area contributed by atoms with Crippen molar-refractivity contribution in [3.8, 4) is 0 Å². The maximum absolute atomic E-state index is 4.79. The highest BCUT2D eigenvalue weighted by Crippen LogP contribution is 2.26. The fraction of sp³-hybridized carbons (Fsp3) is 0.786. The van der Waals surface area contributed by atoms with E-state index >= 15 is 0 Å². The van der Waals surface area contributed by atoms with Crippen LogP contribution in [0, 0.1) is 0 Å². The lowest BCUT2D eigenvalue weighted by Crippen LogP contribution is -2.53. The summed E-state index contributed by atoms with van der Waals surface area (Å²) in [5.74, 6) is 0. The molecule has 0 aromatic carbocycles. The summed E-state index contributed by atoms with van der Waals surface area (Å²) in [6.07, 6.45) is 0. The molecule has 1 aromatic rings. The number of thiazole rings is 1. The van der Waals surface area contributed by atoms with E-state index in [4.69, 9.17) is 4.98 Å². The van der Waals surface area contributed by atoms with Gasteiger partial charge in [-0.2, -0.15) is 0 Å². The van der Waals surface area contributed by atoms with Gasteiger partial charge in [0.25, 0.3) is 0 Å². The van der Waals surface area contributed by atoms with Crippen LogP contribution < -0.4 is 5.32 Å². The Bertz CT molecular complexity index is 400. The Labute approximate surface area is 127 Å². The SMILES string of the molecule is CC1CN(Cc2csc(C(C)(C)C)n2)C(C)CN1.Cl. The average molecular weight is 304 g/mol. The van der Waals surface area contributed by atoms with Gasteiger partial charge in [0.05, 0.1) is 10.7 Å². The summed E-state index contributed by atoms with van der Waals surface area (Å²) in [5.41, 5.74) is 1.40. The number of hydrogen-bond donors (Lipinski definition) is 1. The lowest BCUT2D eigenvalue weighted by molar-refractivity contribution is 0.137. The molecule has 1 aliphatic rings. The molecule has 1 aromatic heterocycles. The first-order valence-corrected chi connectivity index (χ1v) is 7.66. The van der Waals surface area contributed by atoms with Crippen LogP contribution in [-0.2, 0) is 12.0 Å². The van der Waals surface area contributed by atoms with Crippen LogP contribution in [0.3, 0.4) is 0 Å². The molecule has 1 fully saturated rings. The van der Waals surface area contributed by atoms with Crippen molar-refractivity contribution in [3.63, 3.8) is 0 Å². The highest BCUT2D eigenvalue weighted by Gasteiger charge is 2.24. The van der Waals surface area contributed by atoms with Crippen molar-refractivity contribution in [2.45, 2.75) is 58.7 Å². The lowest BCUT2D eigenvalue weighted by Gasteiger charge is -2.37. The molecule has 0 spiro atoms. The van der Waals surface area contributed by atoms with Gasteiger partial charge in [-0.15, -0.1) is 23.7 Å². The van der Waals surface area contributed by atoms with Crippen LogP contribution >= 0.6 is 23.7 Å². The van der Waals surface area contributed by atoms with Crippen LogP contribution in [0.15, 0.2) is 5.38 Å². The van der Waals surface area contributed by atoms with Crippen molar-refractivity contribution in [3.05, 3.63) is 16.1 Å². The number of nitrogens with one attached hydrogen (secondary N) is 1. The molecule has 0 radical (unpaired) electrons. The Balaban J connectivity index is 0.00000180. The molecular formula is C14H26ClN3S. The molecule has 5 heteroatoms. The summed E-state index contributed by atoms with van der Waals surface area (Å²) in [5, 5.41) is 6.98. The molecule has 1 N–H and O–H groups in total. The highest BCUT2D eigenvalue weighted by molar-refractivity contribution is 7.09. The monoisotopic (exact) mass is 303 g/mol. The van der Waals surface area contributed by atoms with Gasteiger partial charge in [-0.3, -0.25) is 4.90 Å². The molecule has 2 unspecified atom stereocenters. The van der Waals surface area contributed by atoms with Crippen LogP contribution in [0.2, 0.25) is 0 Å². The van der Waals surface area contributed by atoms with Gasteiger partial charge in [0.2, 0.25) is 0 Å². The van der Waals surface area contributed by atoms with E-state index in [1.165, 1.54) is 10.7 Å². The first kappa shape index (κ1) is 16.9. The van der Waals surface area contributed by atoms with Crippen molar-refractivity contribution >= 4 is 23.7 Å². The van der Waals surface area contributed by atoms with E-state index in [0.717, 1.165) is 19.6 Å². The Morgan fingerprint density at radius 1 is 1.42 bits per heavy atom. The van der Waals surface area contributed by atoms with Gasteiger partial charge in [-0.05, 0) is 13.8 Å². The standard InChI is InChI=1S/C14H25N3S.ClH/c1-10-7-17(11(2)6-15-10)8-12-9-18-13(16-12)14(3,4)5;/h9-11,15H,6-8H2,1-5H3;1H. The van der Waals surface area contributed by atoms with Crippen molar-refractivity contribution in [2.75, 3.05) is 13.1 Å². The predicted octanol–water partition coefficient (Wildman–Crippen LogP) is 3.04. The zero-order chi connectivity index (χ0) is 13.3. The zero-order valence-corrected chi connectivity index (χ0v) is 14.2. The molecule has 1 saturated heterocycles. The minimum absolute atomic E-state index is 0. The second-order valence-corrected chi connectivity index (χ2v) is 7.34. The molecule has 1 aliphatic heterocycles. The normalized spacial score (nSPS) is 25.1. The molecule has 2 atom stereocenters. The van der Waals surface area contributed by atoms with Crippen LogP contribution in [0.5, 0.6) is 0 Å². The quantitative estimate of drug-likeness (QED) is 0.910. The van der Waals surface area contributed by atoms with E-state index in [9.17, 15) is 0 Å². The molecule has 0 bridgehead atoms. The number of piperazine rings is 1. The molecule has 0 amide bonds. The van der Waals surface area contributed by atoms with Crippen molar-refractivity contribution < 1.29 is 0 Å². The smallest absolute Gasteiger partial charge is 0.0982 e. The Morgan fingerprint density at radius 2 is 2.11 bits per heavy atom. The Kier molecular flexibility index (Phi) is 5.80. The summed E-state index contributed by atoms with van der Waals surface area (Å²) in [4.78, 5) is 7.32. The fourth-order valence-electron chi connectivity index (χ4n) is 2.25. The maximum Gasteiger partial charge on any atom is 0.0982 e. The number of aromatic nitrogens is 1. The van der Waals surface area contributed by atoms with Crippen LogP contribution in [0.4, 0.5) is 0 Å². The minimum atomic E-state index is 0. The van der Waals surface area contributed by atoms with E-state index in [-0.39, 0.29) is 17.8 Å². The molecular weight excluding hydrogens is 278 g/mol. The molecule has 110 valence electrons. The number of rotatable bonds is 2. The maximum atomic E-state index is 4.79.